The molecule has 0 radical (unpaired) electrons. The van der Waals surface area contributed by atoms with Crippen LogP contribution in [0.15, 0.2) is 6.07 Å². The number of aliphatic hydroxyl groups excluding tert-OH is 1. The zero-order chi connectivity index (χ0) is 9.14. The molecule has 1 heterocycles. The SMILES string of the molecule is CNCC(O)c1cc(Cl)c(C)s1. The molecule has 2 N–H and O–H groups in total. The molecule has 68 valence electrons. The Labute approximate surface area is 81.2 Å². The number of aryl methyl sites for hydroxylation is 1. The molecular weight excluding hydrogens is 194 g/mol. The van der Waals surface area contributed by atoms with Crippen LogP contribution in [0.1, 0.15) is 15.9 Å². The Bertz CT molecular complexity index is 242. The van der Waals surface area contributed by atoms with Crippen LogP contribution in [0.5, 0.6) is 0 Å². The van der Waals surface area contributed by atoms with Crippen molar-refractivity contribution in [1.82, 2.24) is 5.32 Å². The number of rotatable bonds is 3. The topological polar surface area (TPSA) is 32.3 Å². The van der Waals surface area contributed by atoms with Crippen LogP contribution >= 0.6 is 22.9 Å². The number of likely N-dealkylation sites (N-methyl/N-ethyl adjacent to an activating group) is 1. The lowest BCUT2D eigenvalue weighted by molar-refractivity contribution is 0.181. The minimum absolute atomic E-state index is 0.439. The molecule has 1 aromatic rings. The van der Waals surface area contributed by atoms with E-state index in [1.807, 2.05) is 20.0 Å². The average Bonchev–Trinajstić information content (AvgIpc) is 2.33. The van der Waals surface area contributed by atoms with Gasteiger partial charge in [-0.3, -0.25) is 0 Å². The van der Waals surface area contributed by atoms with E-state index in [4.69, 9.17) is 11.6 Å². The summed E-state index contributed by atoms with van der Waals surface area (Å²) >= 11 is 7.39. The maximum atomic E-state index is 9.55. The van der Waals surface area contributed by atoms with Crippen LogP contribution in [0.2, 0.25) is 5.02 Å². The molecule has 0 fully saturated rings. The van der Waals surface area contributed by atoms with Gasteiger partial charge in [-0.15, -0.1) is 11.3 Å². The molecule has 0 amide bonds. The fraction of sp³-hybridized carbons (Fsp3) is 0.500. The largest absolute Gasteiger partial charge is 0.386 e. The van der Waals surface area contributed by atoms with Crippen LogP contribution in [-0.4, -0.2) is 18.7 Å². The molecule has 1 aromatic heterocycles. The second kappa shape index (κ2) is 4.23. The predicted octanol–water partition coefficient (Wildman–Crippen LogP) is 1.96. The van der Waals surface area contributed by atoms with Gasteiger partial charge in [0.25, 0.3) is 0 Å². The molecular formula is C8H12ClNOS. The highest BCUT2D eigenvalue weighted by molar-refractivity contribution is 7.12. The molecule has 0 saturated heterocycles. The molecule has 0 aliphatic heterocycles. The molecule has 0 saturated carbocycles. The van der Waals surface area contributed by atoms with Crippen molar-refractivity contribution in [3.05, 3.63) is 20.8 Å². The van der Waals surface area contributed by atoms with Crippen molar-refractivity contribution < 1.29 is 5.11 Å². The Kier molecular flexibility index (Phi) is 3.53. The van der Waals surface area contributed by atoms with Crippen LogP contribution in [0.25, 0.3) is 0 Å². The number of nitrogens with one attached hydrogen (secondary N) is 1. The van der Waals surface area contributed by atoms with Crippen LogP contribution in [-0.2, 0) is 0 Å². The summed E-state index contributed by atoms with van der Waals surface area (Å²) in [6, 6.07) is 1.82. The van der Waals surface area contributed by atoms with Crippen LogP contribution < -0.4 is 5.32 Å². The van der Waals surface area contributed by atoms with Crippen molar-refractivity contribution in [2.24, 2.45) is 0 Å². The summed E-state index contributed by atoms with van der Waals surface area (Å²) in [6.45, 7) is 2.51. The van der Waals surface area contributed by atoms with Gasteiger partial charge in [-0.2, -0.15) is 0 Å². The van der Waals surface area contributed by atoms with Crippen molar-refractivity contribution in [2.45, 2.75) is 13.0 Å². The first kappa shape index (κ1) is 9.99. The highest BCUT2D eigenvalue weighted by Crippen LogP contribution is 2.29. The maximum absolute atomic E-state index is 9.55. The van der Waals surface area contributed by atoms with Gasteiger partial charge < -0.3 is 10.4 Å². The Morgan fingerprint density at radius 1 is 1.75 bits per heavy atom. The van der Waals surface area contributed by atoms with Crippen molar-refractivity contribution >= 4 is 22.9 Å². The van der Waals surface area contributed by atoms with Gasteiger partial charge in [-0.25, -0.2) is 0 Å². The Morgan fingerprint density at radius 3 is 2.83 bits per heavy atom. The van der Waals surface area contributed by atoms with Gasteiger partial charge in [0, 0.05) is 16.3 Å². The van der Waals surface area contributed by atoms with Crippen LogP contribution in [0, 0.1) is 6.92 Å². The molecule has 2 nitrogen and oxygen atoms in total. The van der Waals surface area contributed by atoms with E-state index in [-0.39, 0.29) is 0 Å². The first-order chi connectivity index (χ1) is 5.65. The van der Waals surface area contributed by atoms with Crippen LogP contribution in [0.4, 0.5) is 0 Å². The van der Waals surface area contributed by atoms with E-state index >= 15 is 0 Å². The van der Waals surface area contributed by atoms with E-state index in [1.165, 1.54) is 0 Å². The molecule has 0 aliphatic carbocycles. The fourth-order valence-corrected chi connectivity index (χ4v) is 2.14. The Morgan fingerprint density at radius 2 is 2.42 bits per heavy atom. The van der Waals surface area contributed by atoms with E-state index < -0.39 is 6.10 Å². The summed E-state index contributed by atoms with van der Waals surface area (Å²) in [5.41, 5.74) is 0. The molecule has 0 aromatic carbocycles. The Hall–Kier alpha value is -0.0900. The first-order valence-corrected chi connectivity index (χ1v) is 4.93. The van der Waals surface area contributed by atoms with E-state index in [0.717, 1.165) is 14.8 Å². The second-order valence-electron chi connectivity index (χ2n) is 2.63. The summed E-state index contributed by atoms with van der Waals surface area (Å²) < 4.78 is 0. The molecule has 4 heteroatoms. The molecule has 1 atom stereocenters. The van der Waals surface area contributed by atoms with Gasteiger partial charge in [-0.05, 0) is 20.0 Å². The summed E-state index contributed by atoms with van der Waals surface area (Å²) in [4.78, 5) is 1.98. The maximum Gasteiger partial charge on any atom is 0.101 e. The second-order valence-corrected chi connectivity index (χ2v) is 4.32. The van der Waals surface area contributed by atoms with Gasteiger partial charge in [0.1, 0.15) is 6.10 Å². The summed E-state index contributed by atoms with van der Waals surface area (Å²) in [5, 5.41) is 13.2. The predicted molar refractivity (Wildman–Crippen MR) is 53.0 cm³/mol. The molecule has 1 rings (SSSR count). The third kappa shape index (κ3) is 2.20. The third-order valence-corrected chi connectivity index (χ3v) is 3.26. The highest BCUT2D eigenvalue weighted by Gasteiger charge is 2.10. The van der Waals surface area contributed by atoms with Crippen molar-refractivity contribution in [3.63, 3.8) is 0 Å². The van der Waals surface area contributed by atoms with Gasteiger partial charge in [-0.1, -0.05) is 11.6 Å². The molecule has 1 unspecified atom stereocenters. The molecule has 12 heavy (non-hydrogen) atoms. The zero-order valence-corrected chi connectivity index (χ0v) is 8.67. The number of thiophene rings is 1. The van der Waals surface area contributed by atoms with Crippen molar-refractivity contribution in [1.29, 1.82) is 0 Å². The normalized spacial score (nSPS) is 13.3. The minimum Gasteiger partial charge on any atom is -0.386 e. The van der Waals surface area contributed by atoms with Gasteiger partial charge in [0.2, 0.25) is 0 Å². The number of aliphatic hydroxyl groups is 1. The molecule has 0 aliphatic rings. The summed E-state index contributed by atoms with van der Waals surface area (Å²) in [6.07, 6.45) is -0.439. The summed E-state index contributed by atoms with van der Waals surface area (Å²) in [7, 11) is 1.81. The monoisotopic (exact) mass is 205 g/mol. The third-order valence-electron chi connectivity index (χ3n) is 1.60. The minimum atomic E-state index is -0.439. The zero-order valence-electron chi connectivity index (χ0n) is 7.10. The quantitative estimate of drug-likeness (QED) is 0.791. The highest BCUT2D eigenvalue weighted by atomic mass is 35.5. The standard InChI is InChI=1S/C8H12ClNOS/c1-5-6(9)3-8(12-5)7(11)4-10-2/h3,7,10-11H,4H2,1-2H3. The van der Waals surface area contributed by atoms with Gasteiger partial charge in [0.05, 0.1) is 5.02 Å². The first-order valence-electron chi connectivity index (χ1n) is 3.73. The van der Waals surface area contributed by atoms with E-state index in [2.05, 4.69) is 5.32 Å². The molecule has 0 bridgehead atoms. The van der Waals surface area contributed by atoms with E-state index in [0.29, 0.717) is 6.54 Å². The van der Waals surface area contributed by atoms with Crippen LogP contribution in [0.3, 0.4) is 0 Å². The number of halogens is 1. The fourth-order valence-electron chi connectivity index (χ4n) is 0.940. The number of hydrogen-bond donors (Lipinski definition) is 2. The number of hydrogen-bond acceptors (Lipinski definition) is 3. The van der Waals surface area contributed by atoms with Crippen molar-refractivity contribution in [3.8, 4) is 0 Å². The Balaban J connectivity index is 2.74. The lowest BCUT2D eigenvalue weighted by Gasteiger charge is -2.05. The average molecular weight is 206 g/mol. The smallest absolute Gasteiger partial charge is 0.101 e. The van der Waals surface area contributed by atoms with Gasteiger partial charge >= 0.3 is 0 Å². The van der Waals surface area contributed by atoms with Gasteiger partial charge in [0.15, 0.2) is 0 Å². The lowest BCUT2D eigenvalue weighted by atomic mass is 10.3. The van der Waals surface area contributed by atoms with E-state index in [1.54, 1.807) is 11.3 Å². The lowest BCUT2D eigenvalue weighted by Crippen LogP contribution is -2.15. The molecule has 0 spiro atoms. The van der Waals surface area contributed by atoms with Crippen molar-refractivity contribution in [2.75, 3.05) is 13.6 Å². The van der Waals surface area contributed by atoms with E-state index in [9.17, 15) is 5.11 Å². The summed E-state index contributed by atoms with van der Waals surface area (Å²) in [5.74, 6) is 0.